The molecule has 26 heavy (non-hydrogen) atoms. The summed E-state index contributed by atoms with van der Waals surface area (Å²) in [5.41, 5.74) is 5.79. The van der Waals surface area contributed by atoms with Crippen molar-refractivity contribution in [2.24, 2.45) is 0 Å². The van der Waals surface area contributed by atoms with Gasteiger partial charge < -0.3 is 0 Å². The van der Waals surface area contributed by atoms with Crippen molar-refractivity contribution in [2.75, 3.05) is 0 Å². The molecule has 3 aromatic rings. The molecule has 0 bridgehead atoms. The van der Waals surface area contributed by atoms with Crippen LogP contribution in [0.5, 0.6) is 0 Å². The van der Waals surface area contributed by atoms with Gasteiger partial charge in [0.2, 0.25) is 0 Å². The van der Waals surface area contributed by atoms with Gasteiger partial charge in [-0.25, -0.2) is 0 Å². The molecule has 0 aromatic heterocycles. The van der Waals surface area contributed by atoms with Crippen molar-refractivity contribution < 1.29 is 0 Å². The van der Waals surface area contributed by atoms with E-state index in [0.29, 0.717) is 0 Å². The highest BCUT2D eigenvalue weighted by Crippen LogP contribution is 2.29. The molecule has 3 rings (SSSR count). The highest BCUT2D eigenvalue weighted by atomic mass is 31.8. The van der Waals surface area contributed by atoms with Crippen molar-refractivity contribution in [1.29, 1.82) is 0 Å². The highest BCUT2D eigenvalue weighted by molar-refractivity contribution is 8.26. The monoisotopic (exact) mass is 402 g/mol. The molecule has 0 fully saturated rings. The van der Waals surface area contributed by atoms with Crippen molar-refractivity contribution in [3.05, 3.63) is 89.0 Å². The Balaban J connectivity index is 1.89. The van der Waals surface area contributed by atoms with Crippen LogP contribution in [0.2, 0.25) is 0 Å². The van der Waals surface area contributed by atoms with Crippen LogP contribution < -0.4 is 15.6 Å². The third-order valence-electron chi connectivity index (χ3n) is 4.59. The van der Waals surface area contributed by atoms with Gasteiger partial charge in [0.05, 0.1) is 0 Å². The van der Waals surface area contributed by atoms with Gasteiger partial charge in [-0.2, -0.15) is 0 Å². The Morgan fingerprint density at radius 3 is 1.46 bits per heavy atom. The quantitative estimate of drug-likeness (QED) is 0.437. The van der Waals surface area contributed by atoms with Crippen LogP contribution in [0, 0.1) is 27.7 Å². The molecule has 0 heterocycles. The summed E-state index contributed by atoms with van der Waals surface area (Å²) in [6.07, 6.45) is 0. The van der Waals surface area contributed by atoms with E-state index in [-0.39, 0.29) is 6.57 Å². The zero-order valence-corrected chi connectivity index (χ0v) is 19.7. The second kappa shape index (κ2) is 9.10. The third-order valence-corrected chi connectivity index (χ3v) is 17.9. The van der Waals surface area contributed by atoms with Crippen LogP contribution in [0.15, 0.2) is 66.7 Å². The molecule has 128 valence electrons. The topological polar surface area (TPSA) is 0 Å². The minimum atomic E-state index is -0.0672. The van der Waals surface area contributed by atoms with E-state index in [4.69, 9.17) is 0 Å². The summed E-state index contributed by atoms with van der Waals surface area (Å²) in [6, 6.07) is 24.7. The number of rotatable bonds is 6. The average Bonchev–Trinajstić information content (AvgIpc) is 2.63. The molecular weight excluding hydrogens is 379 g/mol. The summed E-state index contributed by atoms with van der Waals surface area (Å²) in [6.45, 7) is 8.97. The Kier molecular flexibility index (Phi) is 6.82. The Labute approximate surface area is 166 Å². The summed E-state index contributed by atoms with van der Waals surface area (Å²) >= 11 is 0. The van der Waals surface area contributed by atoms with Crippen molar-refractivity contribution in [2.45, 2.75) is 27.7 Å². The van der Waals surface area contributed by atoms with E-state index in [0.717, 1.165) is 27.6 Å². The zero-order chi connectivity index (χ0) is 18.5. The van der Waals surface area contributed by atoms with Gasteiger partial charge in [0.15, 0.2) is 0 Å². The van der Waals surface area contributed by atoms with Crippen molar-refractivity contribution in [3.63, 3.8) is 0 Å². The second-order valence-corrected chi connectivity index (χ2v) is 19.6. The third kappa shape index (κ3) is 4.92. The number of hydrogen-bond acceptors (Lipinski definition) is 0. The molecule has 0 spiro atoms. The fourth-order valence-electron chi connectivity index (χ4n) is 2.71. The normalized spacial score (nSPS) is 11.1. The highest BCUT2D eigenvalue weighted by Gasteiger charge is 2.18. The summed E-state index contributed by atoms with van der Waals surface area (Å²) in [4.78, 5) is 0. The van der Waals surface area contributed by atoms with Crippen LogP contribution in [0.25, 0.3) is 0 Å². The van der Waals surface area contributed by atoms with Crippen molar-refractivity contribution in [1.82, 2.24) is 0 Å². The molecule has 4 heteroatoms. The maximum absolute atomic E-state index is 2.35. The van der Waals surface area contributed by atoms with Gasteiger partial charge in [-0.05, 0) is 38.8 Å². The molecule has 0 saturated heterocycles. The van der Waals surface area contributed by atoms with Crippen LogP contribution >= 0.6 is 6.57 Å². The maximum atomic E-state index is 2.35. The lowest BCUT2D eigenvalue weighted by atomic mass is 10.1. The molecule has 0 amide bonds. The summed E-state index contributed by atoms with van der Waals surface area (Å²) in [5.74, 6) is 0. The molecule has 0 aliphatic carbocycles. The van der Waals surface area contributed by atoms with E-state index in [1.165, 1.54) is 22.3 Å². The molecule has 0 aliphatic heterocycles. The number of hydrogen-bond donors (Lipinski definition) is 0. The molecule has 0 atom stereocenters. The molecule has 3 aromatic carbocycles. The first-order valence-corrected chi connectivity index (χ1v) is 15.7. The maximum Gasteiger partial charge on any atom is 0.107 e. The van der Waals surface area contributed by atoms with Crippen LogP contribution in [-0.4, -0.2) is 27.6 Å². The minimum absolute atomic E-state index is 0.0672. The zero-order valence-electron chi connectivity index (χ0n) is 15.8. The SMILES string of the molecule is Cc1ccccc1[Si]P([Si]c1ccccc1C)[Si]c1cccc(C)c1C. The first-order chi connectivity index (χ1) is 12.5. The first-order valence-electron chi connectivity index (χ1n) is 8.82. The molecule has 0 unspecified atom stereocenters. The van der Waals surface area contributed by atoms with Crippen LogP contribution in [-0.2, 0) is 0 Å². The van der Waals surface area contributed by atoms with Gasteiger partial charge in [0, 0.05) is 0 Å². The van der Waals surface area contributed by atoms with Crippen LogP contribution in [0.1, 0.15) is 22.3 Å². The summed E-state index contributed by atoms with van der Waals surface area (Å²) in [7, 11) is 2.77. The minimum Gasteiger partial charge on any atom is -0.136 e. The predicted octanol–water partition coefficient (Wildman–Crippen LogP) is 3.54. The lowest BCUT2D eigenvalue weighted by molar-refractivity contribution is 1.37. The Morgan fingerprint density at radius 1 is 0.500 bits per heavy atom. The fraction of sp³-hybridized carbons (Fsp3) is 0.182. The lowest BCUT2D eigenvalue weighted by Crippen LogP contribution is -2.30. The largest absolute Gasteiger partial charge is 0.136 e. The van der Waals surface area contributed by atoms with E-state index in [1.807, 2.05) is 0 Å². The Bertz CT molecular complexity index is 845. The average molecular weight is 403 g/mol. The summed E-state index contributed by atoms with van der Waals surface area (Å²) in [5, 5.41) is 4.67. The van der Waals surface area contributed by atoms with Gasteiger partial charge in [-0.15, -0.1) is 6.57 Å². The molecule has 6 radical (unpaired) electrons. The number of benzene rings is 3. The Hall–Kier alpha value is -1.26. The molecule has 0 N–H and O–H groups in total. The van der Waals surface area contributed by atoms with Crippen LogP contribution in [0.4, 0.5) is 0 Å². The smallest absolute Gasteiger partial charge is 0.107 e. The fourth-order valence-corrected chi connectivity index (χ4v) is 17.9. The summed E-state index contributed by atoms with van der Waals surface area (Å²) < 4.78 is 0. The van der Waals surface area contributed by atoms with Crippen molar-refractivity contribution >= 4 is 49.7 Å². The van der Waals surface area contributed by atoms with Crippen molar-refractivity contribution in [3.8, 4) is 0 Å². The molecular formula is C22H23PSi3. The van der Waals surface area contributed by atoms with E-state index >= 15 is 0 Å². The Morgan fingerprint density at radius 2 is 0.923 bits per heavy atom. The first kappa shape index (κ1) is 19.5. The van der Waals surface area contributed by atoms with Gasteiger partial charge in [0.1, 0.15) is 27.6 Å². The van der Waals surface area contributed by atoms with Gasteiger partial charge in [-0.3, -0.25) is 0 Å². The molecule has 0 saturated carbocycles. The van der Waals surface area contributed by atoms with Gasteiger partial charge in [0.25, 0.3) is 0 Å². The lowest BCUT2D eigenvalue weighted by Gasteiger charge is -2.19. The van der Waals surface area contributed by atoms with Crippen LogP contribution in [0.3, 0.4) is 0 Å². The van der Waals surface area contributed by atoms with E-state index < -0.39 is 0 Å². The van der Waals surface area contributed by atoms with E-state index in [9.17, 15) is 0 Å². The molecule has 0 aliphatic rings. The standard InChI is InChI=1S/C22H23PSi3/c1-16-12-9-15-22(19(16)4)26-23(24-20-13-7-5-10-17(20)2)25-21-14-8-6-11-18(21)3/h5-15H,1-4H3. The number of aryl methyl sites for hydroxylation is 3. The molecule has 0 nitrogen and oxygen atoms in total. The second-order valence-electron chi connectivity index (χ2n) is 6.55. The predicted molar refractivity (Wildman–Crippen MR) is 121 cm³/mol. The van der Waals surface area contributed by atoms with Gasteiger partial charge >= 0.3 is 0 Å². The van der Waals surface area contributed by atoms with Gasteiger partial charge in [-0.1, -0.05) is 93.4 Å². The van der Waals surface area contributed by atoms with E-state index in [1.54, 1.807) is 15.6 Å². The van der Waals surface area contributed by atoms with E-state index in [2.05, 4.69) is 94.4 Å².